The summed E-state index contributed by atoms with van der Waals surface area (Å²) in [6.45, 7) is 6.23. The second-order valence-corrected chi connectivity index (χ2v) is 6.58. The summed E-state index contributed by atoms with van der Waals surface area (Å²) >= 11 is 12.0. The van der Waals surface area contributed by atoms with Crippen LogP contribution in [0.15, 0.2) is 18.2 Å². The molecule has 2 nitrogen and oxygen atoms in total. The van der Waals surface area contributed by atoms with Crippen molar-refractivity contribution in [2.75, 3.05) is 13.1 Å². The monoisotopic (exact) mass is 313 g/mol. The molecule has 0 amide bonds. The fraction of sp³-hybridized carbons (Fsp3) is 0.562. The van der Waals surface area contributed by atoms with Crippen molar-refractivity contribution in [3.8, 4) is 0 Å². The van der Waals surface area contributed by atoms with Crippen LogP contribution in [0.3, 0.4) is 0 Å². The average molecular weight is 314 g/mol. The van der Waals surface area contributed by atoms with Crippen LogP contribution in [0.1, 0.15) is 43.5 Å². The van der Waals surface area contributed by atoms with Gasteiger partial charge in [0.05, 0.1) is 11.1 Å². The predicted octanol–water partition coefficient (Wildman–Crippen LogP) is 4.69. The lowest BCUT2D eigenvalue weighted by Gasteiger charge is -2.26. The van der Waals surface area contributed by atoms with Crippen LogP contribution in [-0.4, -0.2) is 29.8 Å². The zero-order valence-corrected chi connectivity index (χ0v) is 13.5. The Bertz CT molecular complexity index is 489. The first kappa shape index (κ1) is 15.8. The standard InChI is InChI=1S/C16H21Cl2NO/c1-11-4-3-8-19(9-7-11)12(2)16(20)14-6-5-13(17)10-15(14)18/h5-6,10-12H,3-4,7-9H2,1-2H3. The number of hydrogen-bond donors (Lipinski definition) is 0. The Kier molecular flexibility index (Phi) is 5.48. The number of nitrogens with zero attached hydrogens (tertiary/aromatic N) is 1. The molecule has 1 fully saturated rings. The van der Waals surface area contributed by atoms with Gasteiger partial charge in [-0.25, -0.2) is 0 Å². The van der Waals surface area contributed by atoms with Gasteiger partial charge in [-0.1, -0.05) is 30.1 Å². The summed E-state index contributed by atoms with van der Waals surface area (Å²) in [6, 6.07) is 4.95. The molecule has 1 aromatic rings. The van der Waals surface area contributed by atoms with Crippen LogP contribution in [0, 0.1) is 5.92 Å². The summed E-state index contributed by atoms with van der Waals surface area (Å²) in [5.41, 5.74) is 0.570. The zero-order chi connectivity index (χ0) is 14.7. The summed E-state index contributed by atoms with van der Waals surface area (Å²) in [5, 5.41) is 1.00. The number of rotatable bonds is 3. The lowest BCUT2D eigenvalue weighted by Crippen LogP contribution is -2.39. The van der Waals surface area contributed by atoms with Crippen molar-refractivity contribution in [1.82, 2.24) is 4.90 Å². The Morgan fingerprint density at radius 1 is 1.30 bits per heavy atom. The third-order valence-corrected chi connectivity index (χ3v) is 4.72. The predicted molar refractivity (Wildman–Crippen MR) is 84.8 cm³/mol. The fourth-order valence-electron chi connectivity index (χ4n) is 2.75. The fourth-order valence-corrected chi connectivity index (χ4v) is 3.25. The molecule has 2 atom stereocenters. The number of Topliss-reactive ketones (excluding diaryl/α,β-unsaturated/α-hetero) is 1. The summed E-state index contributed by atoms with van der Waals surface area (Å²) in [6.07, 6.45) is 3.57. The summed E-state index contributed by atoms with van der Waals surface area (Å²) in [7, 11) is 0. The van der Waals surface area contributed by atoms with Gasteiger partial charge in [0, 0.05) is 10.6 Å². The molecule has 0 bridgehead atoms. The quantitative estimate of drug-likeness (QED) is 0.755. The maximum absolute atomic E-state index is 12.6. The molecular formula is C16H21Cl2NO. The van der Waals surface area contributed by atoms with E-state index in [4.69, 9.17) is 23.2 Å². The smallest absolute Gasteiger partial charge is 0.181 e. The molecule has 1 heterocycles. The van der Waals surface area contributed by atoms with E-state index in [0.717, 1.165) is 31.8 Å². The second kappa shape index (κ2) is 6.93. The van der Waals surface area contributed by atoms with Gasteiger partial charge in [-0.05, 0) is 63.4 Å². The van der Waals surface area contributed by atoms with Gasteiger partial charge in [0.25, 0.3) is 0 Å². The molecule has 110 valence electrons. The second-order valence-electron chi connectivity index (χ2n) is 5.74. The molecule has 0 saturated carbocycles. The number of ketones is 1. The van der Waals surface area contributed by atoms with Gasteiger partial charge >= 0.3 is 0 Å². The van der Waals surface area contributed by atoms with Crippen molar-refractivity contribution in [2.45, 2.75) is 39.2 Å². The molecule has 0 aromatic heterocycles. The summed E-state index contributed by atoms with van der Waals surface area (Å²) in [5.74, 6) is 0.836. The van der Waals surface area contributed by atoms with E-state index >= 15 is 0 Å². The Labute approximate surface area is 131 Å². The van der Waals surface area contributed by atoms with Crippen LogP contribution >= 0.6 is 23.2 Å². The van der Waals surface area contributed by atoms with Crippen molar-refractivity contribution in [3.63, 3.8) is 0 Å². The van der Waals surface area contributed by atoms with Gasteiger partial charge < -0.3 is 0 Å². The molecule has 2 rings (SSSR count). The number of halogens is 2. The minimum Gasteiger partial charge on any atom is -0.293 e. The van der Waals surface area contributed by atoms with Crippen molar-refractivity contribution in [3.05, 3.63) is 33.8 Å². The normalized spacial score (nSPS) is 22.3. The number of carbonyl (C=O) groups excluding carboxylic acids is 1. The molecule has 0 radical (unpaired) electrons. The van der Waals surface area contributed by atoms with Crippen molar-refractivity contribution in [2.24, 2.45) is 5.92 Å². The average Bonchev–Trinajstić information content (AvgIpc) is 2.62. The molecule has 20 heavy (non-hydrogen) atoms. The van der Waals surface area contributed by atoms with E-state index in [1.54, 1.807) is 18.2 Å². The molecule has 1 aromatic carbocycles. The Balaban J connectivity index is 2.11. The van der Waals surface area contributed by atoms with Crippen molar-refractivity contribution in [1.29, 1.82) is 0 Å². The van der Waals surface area contributed by atoms with E-state index in [1.165, 1.54) is 6.42 Å². The van der Waals surface area contributed by atoms with Gasteiger partial charge in [-0.3, -0.25) is 9.69 Å². The minimum absolute atomic E-state index is 0.0845. The van der Waals surface area contributed by atoms with Crippen LogP contribution in [0.4, 0.5) is 0 Å². The third kappa shape index (κ3) is 3.75. The van der Waals surface area contributed by atoms with Crippen LogP contribution in [0.5, 0.6) is 0 Å². The van der Waals surface area contributed by atoms with Gasteiger partial charge in [0.2, 0.25) is 0 Å². The highest BCUT2D eigenvalue weighted by molar-refractivity contribution is 6.37. The first-order chi connectivity index (χ1) is 9.49. The van der Waals surface area contributed by atoms with Crippen LogP contribution in [-0.2, 0) is 0 Å². The lowest BCUT2D eigenvalue weighted by atomic mass is 10.0. The molecule has 4 heteroatoms. The number of hydrogen-bond acceptors (Lipinski definition) is 2. The van der Waals surface area contributed by atoms with Gasteiger partial charge in [0.1, 0.15) is 0 Å². The first-order valence-electron chi connectivity index (χ1n) is 7.22. The van der Waals surface area contributed by atoms with Gasteiger partial charge in [-0.2, -0.15) is 0 Å². The summed E-state index contributed by atoms with van der Waals surface area (Å²) < 4.78 is 0. The van der Waals surface area contributed by atoms with E-state index < -0.39 is 0 Å². The molecular weight excluding hydrogens is 293 g/mol. The van der Waals surface area contributed by atoms with Crippen LogP contribution in [0.2, 0.25) is 10.0 Å². The number of benzene rings is 1. The highest BCUT2D eigenvalue weighted by atomic mass is 35.5. The third-order valence-electron chi connectivity index (χ3n) is 4.18. The maximum Gasteiger partial charge on any atom is 0.181 e. The van der Waals surface area contributed by atoms with E-state index in [0.29, 0.717) is 15.6 Å². The lowest BCUT2D eigenvalue weighted by molar-refractivity contribution is 0.0841. The topological polar surface area (TPSA) is 20.3 Å². The molecule has 0 N–H and O–H groups in total. The Morgan fingerprint density at radius 3 is 2.75 bits per heavy atom. The van der Waals surface area contributed by atoms with E-state index in [2.05, 4.69) is 11.8 Å². The number of carbonyl (C=O) groups is 1. The largest absolute Gasteiger partial charge is 0.293 e. The Hall–Kier alpha value is -0.570. The van der Waals surface area contributed by atoms with E-state index in [9.17, 15) is 4.79 Å². The van der Waals surface area contributed by atoms with Crippen LogP contribution in [0.25, 0.3) is 0 Å². The minimum atomic E-state index is -0.126. The van der Waals surface area contributed by atoms with Crippen LogP contribution < -0.4 is 0 Å². The van der Waals surface area contributed by atoms with Crippen molar-refractivity contribution < 1.29 is 4.79 Å². The molecule has 2 unspecified atom stereocenters. The van der Waals surface area contributed by atoms with Gasteiger partial charge in [-0.15, -0.1) is 0 Å². The van der Waals surface area contributed by atoms with Crippen molar-refractivity contribution >= 4 is 29.0 Å². The molecule has 1 aliphatic heterocycles. The zero-order valence-electron chi connectivity index (χ0n) is 12.0. The molecule has 1 saturated heterocycles. The number of likely N-dealkylation sites (tertiary alicyclic amines) is 1. The highest BCUT2D eigenvalue weighted by Gasteiger charge is 2.25. The molecule has 0 aliphatic carbocycles. The highest BCUT2D eigenvalue weighted by Crippen LogP contribution is 2.25. The molecule has 1 aliphatic rings. The first-order valence-corrected chi connectivity index (χ1v) is 7.98. The SMILES string of the molecule is CC1CCCN(C(C)C(=O)c2ccc(Cl)cc2Cl)CC1. The van der Waals surface area contributed by atoms with Gasteiger partial charge in [0.15, 0.2) is 5.78 Å². The maximum atomic E-state index is 12.6. The molecule has 0 spiro atoms. The van der Waals surface area contributed by atoms with E-state index in [-0.39, 0.29) is 11.8 Å². The van der Waals surface area contributed by atoms with E-state index in [1.807, 2.05) is 6.92 Å². The summed E-state index contributed by atoms with van der Waals surface area (Å²) in [4.78, 5) is 14.9. The Morgan fingerprint density at radius 2 is 2.05 bits per heavy atom.